The van der Waals surface area contributed by atoms with Crippen molar-refractivity contribution in [2.24, 2.45) is 0 Å². The van der Waals surface area contributed by atoms with Gasteiger partial charge in [-0.3, -0.25) is 0 Å². The van der Waals surface area contributed by atoms with Gasteiger partial charge >= 0.3 is 6.09 Å². The Hall–Kier alpha value is -1.84. The van der Waals surface area contributed by atoms with Gasteiger partial charge in [-0.05, 0) is 12.0 Å². The zero-order chi connectivity index (χ0) is 11.1. The normalized spacial score (nSPS) is 11.5. The Morgan fingerprint density at radius 1 is 1.47 bits per heavy atom. The summed E-state index contributed by atoms with van der Waals surface area (Å²) in [5.74, 6) is 0. The minimum atomic E-state index is -0.594. The molecule has 0 aliphatic heterocycles. The summed E-state index contributed by atoms with van der Waals surface area (Å²) >= 11 is 0. The first-order chi connectivity index (χ1) is 7.26. The number of alkyl carbamates (subject to hydrolysis) is 1. The van der Waals surface area contributed by atoms with Gasteiger partial charge in [0.25, 0.3) is 0 Å². The number of ether oxygens (including phenoxy) is 1. The third-order valence-corrected chi connectivity index (χ3v) is 1.95. The smallest absolute Gasteiger partial charge is 0.407 e. The van der Waals surface area contributed by atoms with E-state index in [1.165, 1.54) is 7.11 Å². The van der Waals surface area contributed by atoms with Gasteiger partial charge in [-0.2, -0.15) is 0 Å². The average Bonchev–Trinajstić information content (AvgIpc) is 2.29. The molecule has 0 aliphatic carbocycles. The summed E-state index contributed by atoms with van der Waals surface area (Å²) in [5, 5.41) is 2.44. The van der Waals surface area contributed by atoms with Crippen LogP contribution in [0.3, 0.4) is 0 Å². The quantitative estimate of drug-likeness (QED) is 0.753. The van der Waals surface area contributed by atoms with E-state index in [2.05, 4.69) is 10.1 Å². The number of carbonyl (C=O) groups excluding carboxylic acids is 2. The Morgan fingerprint density at radius 2 is 2.13 bits per heavy atom. The summed E-state index contributed by atoms with van der Waals surface area (Å²) in [6, 6.07) is 8.92. The van der Waals surface area contributed by atoms with Crippen molar-refractivity contribution in [1.82, 2.24) is 5.32 Å². The molecule has 0 saturated carbocycles. The van der Waals surface area contributed by atoms with Crippen LogP contribution in [0, 0.1) is 0 Å². The number of amides is 1. The largest absolute Gasteiger partial charge is 0.453 e. The number of hydrogen-bond acceptors (Lipinski definition) is 3. The Balaban J connectivity index is 2.54. The van der Waals surface area contributed by atoms with Crippen LogP contribution in [0.1, 0.15) is 5.56 Å². The van der Waals surface area contributed by atoms with E-state index < -0.39 is 12.1 Å². The molecule has 0 fully saturated rings. The van der Waals surface area contributed by atoms with Gasteiger partial charge in [-0.1, -0.05) is 30.3 Å². The summed E-state index contributed by atoms with van der Waals surface area (Å²) in [4.78, 5) is 21.6. The summed E-state index contributed by atoms with van der Waals surface area (Å²) in [7, 11) is 1.26. The second kappa shape index (κ2) is 5.80. The number of rotatable bonds is 4. The molecule has 0 heterocycles. The average molecular weight is 207 g/mol. The van der Waals surface area contributed by atoms with Crippen LogP contribution in [0.5, 0.6) is 0 Å². The predicted molar refractivity (Wildman–Crippen MR) is 55.5 cm³/mol. The van der Waals surface area contributed by atoms with E-state index >= 15 is 0 Å². The fraction of sp³-hybridized carbons (Fsp3) is 0.273. The zero-order valence-corrected chi connectivity index (χ0v) is 8.47. The van der Waals surface area contributed by atoms with E-state index in [1.807, 2.05) is 30.3 Å². The van der Waals surface area contributed by atoms with Gasteiger partial charge in [-0.25, -0.2) is 4.79 Å². The summed E-state index contributed by atoms with van der Waals surface area (Å²) in [5.41, 5.74) is 0.992. The lowest BCUT2D eigenvalue weighted by Crippen LogP contribution is -2.37. The molecule has 1 aromatic carbocycles. The molecule has 0 unspecified atom stereocenters. The number of nitrogens with one attached hydrogen (secondary N) is 1. The molecule has 4 heteroatoms. The van der Waals surface area contributed by atoms with Crippen LogP contribution >= 0.6 is 0 Å². The maximum atomic E-state index is 10.9. The molecule has 0 saturated heterocycles. The van der Waals surface area contributed by atoms with Gasteiger partial charge in [0.1, 0.15) is 6.29 Å². The van der Waals surface area contributed by atoms with Crippen molar-refractivity contribution < 1.29 is 14.3 Å². The van der Waals surface area contributed by atoms with Gasteiger partial charge < -0.3 is 14.8 Å². The minimum Gasteiger partial charge on any atom is -0.453 e. The first-order valence-electron chi connectivity index (χ1n) is 4.60. The van der Waals surface area contributed by atoms with Crippen LogP contribution in [-0.4, -0.2) is 25.5 Å². The van der Waals surface area contributed by atoms with Crippen LogP contribution in [-0.2, 0) is 16.0 Å². The lowest BCUT2D eigenvalue weighted by Gasteiger charge is -2.11. The highest BCUT2D eigenvalue weighted by Crippen LogP contribution is 2.01. The van der Waals surface area contributed by atoms with E-state index in [-0.39, 0.29) is 0 Å². The number of carbonyl (C=O) groups is 2. The van der Waals surface area contributed by atoms with E-state index in [1.54, 1.807) is 0 Å². The van der Waals surface area contributed by atoms with Gasteiger partial charge in [0.05, 0.1) is 13.2 Å². The second-order valence-corrected chi connectivity index (χ2v) is 3.07. The minimum absolute atomic E-state index is 0.472. The Morgan fingerprint density at radius 3 is 2.67 bits per heavy atom. The molecule has 0 radical (unpaired) electrons. The Kier molecular flexibility index (Phi) is 4.34. The number of hydrogen-bond donors (Lipinski definition) is 1. The van der Waals surface area contributed by atoms with Crippen LogP contribution in [0.4, 0.5) is 4.79 Å². The molecule has 1 amide bonds. The Labute approximate surface area is 88.2 Å². The standard InChI is InChI=1S/C11H13NO3/c1-15-11(14)12-10(8-13)7-9-5-3-2-4-6-9/h2-6,8,10H,7H2,1H3,(H,12,14)/t10-/m0/s1. The molecule has 1 N–H and O–H groups in total. The third-order valence-electron chi connectivity index (χ3n) is 1.95. The molecule has 0 aromatic heterocycles. The number of benzene rings is 1. The van der Waals surface area contributed by atoms with Crippen molar-refractivity contribution in [3.63, 3.8) is 0 Å². The highest BCUT2D eigenvalue weighted by atomic mass is 16.5. The van der Waals surface area contributed by atoms with Gasteiger partial charge in [0, 0.05) is 0 Å². The van der Waals surface area contributed by atoms with Crippen LogP contribution in [0.2, 0.25) is 0 Å². The van der Waals surface area contributed by atoms with Gasteiger partial charge in [0.2, 0.25) is 0 Å². The second-order valence-electron chi connectivity index (χ2n) is 3.07. The van der Waals surface area contributed by atoms with Crippen molar-refractivity contribution in [3.8, 4) is 0 Å². The van der Waals surface area contributed by atoms with Crippen molar-refractivity contribution in [3.05, 3.63) is 35.9 Å². The van der Waals surface area contributed by atoms with Gasteiger partial charge in [0.15, 0.2) is 0 Å². The van der Waals surface area contributed by atoms with E-state index in [0.717, 1.165) is 5.56 Å². The van der Waals surface area contributed by atoms with E-state index in [9.17, 15) is 9.59 Å². The molecule has 1 aromatic rings. The molecule has 1 rings (SSSR count). The van der Waals surface area contributed by atoms with Crippen molar-refractivity contribution in [1.29, 1.82) is 0 Å². The fourth-order valence-corrected chi connectivity index (χ4v) is 1.21. The number of aldehydes is 1. The highest BCUT2D eigenvalue weighted by molar-refractivity contribution is 5.73. The molecule has 80 valence electrons. The SMILES string of the molecule is COC(=O)N[C@H](C=O)Cc1ccccc1. The molecule has 0 spiro atoms. The molecule has 15 heavy (non-hydrogen) atoms. The van der Waals surface area contributed by atoms with Crippen molar-refractivity contribution >= 4 is 12.4 Å². The number of methoxy groups -OCH3 is 1. The first kappa shape index (κ1) is 11.2. The molecular formula is C11H13NO3. The van der Waals surface area contributed by atoms with Crippen molar-refractivity contribution in [2.75, 3.05) is 7.11 Å². The summed E-state index contributed by atoms with van der Waals surface area (Å²) in [6.07, 6.45) is 0.576. The van der Waals surface area contributed by atoms with E-state index in [0.29, 0.717) is 12.7 Å². The van der Waals surface area contributed by atoms with Crippen LogP contribution < -0.4 is 5.32 Å². The predicted octanol–water partition coefficient (Wildman–Crippen LogP) is 1.15. The maximum absolute atomic E-state index is 10.9. The summed E-state index contributed by atoms with van der Waals surface area (Å²) in [6.45, 7) is 0. The summed E-state index contributed by atoms with van der Waals surface area (Å²) < 4.78 is 4.41. The first-order valence-corrected chi connectivity index (χ1v) is 4.60. The lowest BCUT2D eigenvalue weighted by molar-refractivity contribution is -0.109. The van der Waals surface area contributed by atoms with Crippen LogP contribution in [0.25, 0.3) is 0 Å². The molecular weight excluding hydrogens is 194 g/mol. The monoisotopic (exact) mass is 207 g/mol. The molecule has 0 aliphatic rings. The Bertz CT molecular complexity index is 324. The zero-order valence-electron chi connectivity index (χ0n) is 8.47. The van der Waals surface area contributed by atoms with E-state index in [4.69, 9.17) is 0 Å². The fourth-order valence-electron chi connectivity index (χ4n) is 1.21. The van der Waals surface area contributed by atoms with Crippen molar-refractivity contribution in [2.45, 2.75) is 12.5 Å². The third kappa shape index (κ3) is 3.81. The maximum Gasteiger partial charge on any atom is 0.407 e. The molecule has 4 nitrogen and oxygen atoms in total. The van der Waals surface area contributed by atoms with Gasteiger partial charge in [-0.15, -0.1) is 0 Å². The van der Waals surface area contributed by atoms with Crippen LogP contribution in [0.15, 0.2) is 30.3 Å². The molecule has 0 bridgehead atoms. The highest BCUT2D eigenvalue weighted by Gasteiger charge is 2.11. The molecule has 1 atom stereocenters. The lowest BCUT2D eigenvalue weighted by atomic mass is 10.1. The topological polar surface area (TPSA) is 55.4 Å².